The molecule has 0 saturated carbocycles. The fraction of sp³-hybridized carbons (Fsp3) is 0.478. The summed E-state index contributed by atoms with van der Waals surface area (Å²) in [6.07, 6.45) is 4.01. The Labute approximate surface area is 175 Å². The molecule has 2 N–H and O–H groups in total. The molecule has 0 amide bonds. The first-order valence-electron chi connectivity index (χ1n) is 9.98. The largest absolute Gasteiger partial charge is 0.489 e. The van der Waals surface area contributed by atoms with Crippen molar-refractivity contribution < 1.29 is 14.9 Å². The van der Waals surface area contributed by atoms with E-state index in [2.05, 4.69) is 36.1 Å². The topological polar surface area (TPSA) is 52.9 Å². The lowest BCUT2D eigenvalue weighted by Gasteiger charge is -2.29. The zero-order valence-corrected chi connectivity index (χ0v) is 17.6. The van der Waals surface area contributed by atoms with E-state index >= 15 is 0 Å². The highest BCUT2D eigenvalue weighted by atomic mass is 35.5. The summed E-state index contributed by atoms with van der Waals surface area (Å²) in [5.74, 6) is 0.885. The second-order valence-corrected chi connectivity index (χ2v) is 6.91. The van der Waals surface area contributed by atoms with Gasteiger partial charge in [0.2, 0.25) is 0 Å². The average Bonchev–Trinajstić information content (AvgIpc) is 2.71. The van der Waals surface area contributed by atoms with Crippen LogP contribution in [0.5, 0.6) is 5.75 Å². The molecule has 0 aliphatic rings. The van der Waals surface area contributed by atoms with Gasteiger partial charge in [-0.1, -0.05) is 55.8 Å². The van der Waals surface area contributed by atoms with Gasteiger partial charge in [0.1, 0.15) is 12.4 Å². The normalized spacial score (nSPS) is 11.9. The van der Waals surface area contributed by atoms with Gasteiger partial charge in [-0.05, 0) is 49.1 Å². The highest BCUT2D eigenvalue weighted by Gasteiger charge is 2.15. The second kappa shape index (κ2) is 14.4. The summed E-state index contributed by atoms with van der Waals surface area (Å²) in [6.45, 7) is 4.51. The molecule has 4 nitrogen and oxygen atoms in total. The standard InChI is InChI=1S/C23H33NO3.ClH/c1-2-7-22(18-26)24(16-17-25)15-6-8-20-11-13-21(14-12-20)19-27-23-9-4-3-5-10-23;/h3-5,9-14,22,25-26H,2,6-8,15-19H2,1H3;1H. The number of aryl methyl sites for hydroxylation is 1. The Kier molecular flexibility index (Phi) is 12.6. The van der Waals surface area contributed by atoms with Crippen LogP contribution in [0.1, 0.15) is 37.3 Å². The Morgan fingerprint density at radius 2 is 1.61 bits per heavy atom. The molecular weight excluding hydrogens is 374 g/mol. The number of hydrogen-bond donors (Lipinski definition) is 2. The van der Waals surface area contributed by atoms with E-state index in [-0.39, 0.29) is 31.7 Å². The van der Waals surface area contributed by atoms with Crippen molar-refractivity contribution in [2.75, 3.05) is 26.3 Å². The Balaban J connectivity index is 0.00000392. The molecule has 1 unspecified atom stereocenters. The van der Waals surface area contributed by atoms with Gasteiger partial charge in [0.25, 0.3) is 0 Å². The first-order valence-corrected chi connectivity index (χ1v) is 9.98. The number of rotatable bonds is 13. The van der Waals surface area contributed by atoms with Gasteiger partial charge in [-0.25, -0.2) is 0 Å². The molecule has 0 heterocycles. The van der Waals surface area contributed by atoms with E-state index in [9.17, 15) is 10.2 Å². The number of hydrogen-bond acceptors (Lipinski definition) is 4. The molecule has 2 rings (SSSR count). The third kappa shape index (κ3) is 8.61. The van der Waals surface area contributed by atoms with Crippen LogP contribution in [0.2, 0.25) is 0 Å². The Bertz CT molecular complexity index is 622. The smallest absolute Gasteiger partial charge is 0.119 e. The summed E-state index contributed by atoms with van der Waals surface area (Å²) < 4.78 is 5.78. The zero-order chi connectivity index (χ0) is 19.3. The van der Waals surface area contributed by atoms with Gasteiger partial charge in [0.15, 0.2) is 0 Å². The van der Waals surface area contributed by atoms with Crippen LogP contribution in [0, 0.1) is 0 Å². The van der Waals surface area contributed by atoms with Crippen LogP contribution in [0.15, 0.2) is 54.6 Å². The minimum atomic E-state index is 0. The minimum absolute atomic E-state index is 0. The van der Waals surface area contributed by atoms with Crippen LogP contribution >= 0.6 is 12.4 Å². The van der Waals surface area contributed by atoms with Gasteiger partial charge >= 0.3 is 0 Å². The molecule has 5 heteroatoms. The number of aliphatic hydroxyl groups is 2. The van der Waals surface area contributed by atoms with Crippen LogP contribution in [0.4, 0.5) is 0 Å². The van der Waals surface area contributed by atoms with Crippen molar-refractivity contribution in [2.45, 2.75) is 45.3 Å². The molecule has 0 aliphatic heterocycles. The van der Waals surface area contributed by atoms with Gasteiger partial charge in [-0.3, -0.25) is 4.90 Å². The molecule has 0 fully saturated rings. The lowest BCUT2D eigenvalue weighted by atomic mass is 10.1. The van der Waals surface area contributed by atoms with Crippen LogP contribution in [0.25, 0.3) is 0 Å². The van der Waals surface area contributed by atoms with Crippen molar-refractivity contribution in [1.82, 2.24) is 4.90 Å². The fourth-order valence-corrected chi connectivity index (χ4v) is 3.30. The first-order chi connectivity index (χ1) is 13.3. The summed E-state index contributed by atoms with van der Waals surface area (Å²) in [6, 6.07) is 18.6. The molecule has 1 atom stereocenters. The van der Waals surface area contributed by atoms with E-state index in [0.29, 0.717) is 13.2 Å². The van der Waals surface area contributed by atoms with Crippen molar-refractivity contribution >= 4 is 12.4 Å². The molecule has 0 aromatic heterocycles. The molecule has 28 heavy (non-hydrogen) atoms. The van der Waals surface area contributed by atoms with E-state index < -0.39 is 0 Å². The van der Waals surface area contributed by atoms with E-state index in [0.717, 1.165) is 43.5 Å². The summed E-state index contributed by atoms with van der Waals surface area (Å²) in [5.41, 5.74) is 2.46. The minimum Gasteiger partial charge on any atom is -0.489 e. The third-order valence-electron chi connectivity index (χ3n) is 4.82. The zero-order valence-electron chi connectivity index (χ0n) is 16.8. The maximum atomic E-state index is 9.60. The SMILES string of the molecule is CCCC(CO)N(CCO)CCCc1ccc(COc2ccccc2)cc1.Cl. The number of para-hydroxylation sites is 1. The van der Waals surface area contributed by atoms with Gasteiger partial charge < -0.3 is 14.9 Å². The molecule has 0 saturated heterocycles. The molecule has 2 aromatic rings. The van der Waals surface area contributed by atoms with Crippen molar-refractivity contribution in [3.8, 4) is 5.75 Å². The molecule has 0 aliphatic carbocycles. The number of ether oxygens (including phenoxy) is 1. The monoisotopic (exact) mass is 407 g/mol. The maximum Gasteiger partial charge on any atom is 0.119 e. The fourth-order valence-electron chi connectivity index (χ4n) is 3.30. The Hall–Kier alpha value is -1.59. The molecule has 0 spiro atoms. The van der Waals surface area contributed by atoms with Crippen LogP contribution in [-0.2, 0) is 13.0 Å². The molecule has 0 radical (unpaired) electrons. The van der Waals surface area contributed by atoms with Crippen molar-refractivity contribution in [1.29, 1.82) is 0 Å². The van der Waals surface area contributed by atoms with Crippen LogP contribution in [0.3, 0.4) is 0 Å². The first kappa shape index (κ1) is 24.4. The Morgan fingerprint density at radius 3 is 2.21 bits per heavy atom. The highest BCUT2D eigenvalue weighted by molar-refractivity contribution is 5.85. The molecule has 2 aromatic carbocycles. The van der Waals surface area contributed by atoms with Crippen molar-refractivity contribution in [2.24, 2.45) is 0 Å². The van der Waals surface area contributed by atoms with Gasteiger partial charge in [0.05, 0.1) is 13.2 Å². The summed E-state index contributed by atoms with van der Waals surface area (Å²) in [5, 5.41) is 18.9. The van der Waals surface area contributed by atoms with E-state index in [1.54, 1.807) is 0 Å². The van der Waals surface area contributed by atoms with Crippen molar-refractivity contribution in [3.63, 3.8) is 0 Å². The molecule has 0 bridgehead atoms. The predicted molar refractivity (Wildman–Crippen MR) is 117 cm³/mol. The number of nitrogens with zero attached hydrogens (tertiary/aromatic N) is 1. The van der Waals surface area contributed by atoms with E-state index in [4.69, 9.17) is 4.74 Å². The lowest BCUT2D eigenvalue weighted by Crippen LogP contribution is -2.40. The molecular formula is C23H34ClNO3. The van der Waals surface area contributed by atoms with Gasteiger partial charge in [-0.2, -0.15) is 0 Å². The molecule has 156 valence electrons. The van der Waals surface area contributed by atoms with E-state index in [1.165, 1.54) is 5.56 Å². The number of benzene rings is 2. The second-order valence-electron chi connectivity index (χ2n) is 6.91. The van der Waals surface area contributed by atoms with Gasteiger partial charge in [-0.15, -0.1) is 12.4 Å². The van der Waals surface area contributed by atoms with Gasteiger partial charge in [0, 0.05) is 12.6 Å². The van der Waals surface area contributed by atoms with Crippen molar-refractivity contribution in [3.05, 3.63) is 65.7 Å². The lowest BCUT2D eigenvalue weighted by molar-refractivity contribution is 0.0946. The maximum absolute atomic E-state index is 9.60. The summed E-state index contributed by atoms with van der Waals surface area (Å²) in [4.78, 5) is 2.21. The number of halogens is 1. The predicted octanol–water partition coefficient (Wildman–Crippen LogP) is 4.08. The third-order valence-corrected chi connectivity index (χ3v) is 4.82. The highest BCUT2D eigenvalue weighted by Crippen LogP contribution is 2.14. The van der Waals surface area contributed by atoms with Crippen LogP contribution < -0.4 is 4.74 Å². The quantitative estimate of drug-likeness (QED) is 0.525. The number of aliphatic hydroxyl groups excluding tert-OH is 2. The summed E-state index contributed by atoms with van der Waals surface area (Å²) >= 11 is 0. The van der Waals surface area contributed by atoms with Crippen LogP contribution in [-0.4, -0.2) is 47.5 Å². The Morgan fingerprint density at radius 1 is 0.929 bits per heavy atom. The summed E-state index contributed by atoms with van der Waals surface area (Å²) in [7, 11) is 0. The average molecular weight is 408 g/mol. The van der Waals surface area contributed by atoms with E-state index in [1.807, 2.05) is 30.3 Å².